The van der Waals surface area contributed by atoms with E-state index in [1.807, 2.05) is 31.2 Å². The van der Waals surface area contributed by atoms with Crippen molar-refractivity contribution >= 4 is 32.4 Å². The van der Waals surface area contributed by atoms with Crippen molar-refractivity contribution < 1.29 is 13.2 Å². The summed E-state index contributed by atoms with van der Waals surface area (Å²) in [5.41, 5.74) is 2.33. The Balaban J connectivity index is 1.51. The highest BCUT2D eigenvalue weighted by Crippen LogP contribution is 2.27. The van der Waals surface area contributed by atoms with Crippen LogP contribution in [-0.4, -0.2) is 41.9 Å². The van der Waals surface area contributed by atoms with Gasteiger partial charge in [0.05, 0.1) is 4.90 Å². The van der Waals surface area contributed by atoms with Crippen molar-refractivity contribution in [3.05, 3.63) is 59.7 Å². The summed E-state index contributed by atoms with van der Waals surface area (Å²) in [6.45, 7) is 3.05. The number of aromatic nitrogens is 2. The predicted molar refractivity (Wildman–Crippen MR) is 112 cm³/mol. The first kappa shape index (κ1) is 19.7. The molecule has 1 aliphatic heterocycles. The lowest BCUT2D eigenvalue weighted by atomic mass is 10.2. The largest absolute Gasteiger partial charge is 0.296 e. The number of amides is 1. The number of carbonyl (C=O) groups is 1. The van der Waals surface area contributed by atoms with Crippen LogP contribution in [0.3, 0.4) is 0 Å². The number of benzene rings is 2. The number of hydrogen-bond donors (Lipinski definition) is 1. The van der Waals surface area contributed by atoms with E-state index >= 15 is 0 Å². The minimum atomic E-state index is -3.58. The molecule has 0 unspecified atom stereocenters. The zero-order valence-electron chi connectivity index (χ0n) is 15.8. The maximum absolute atomic E-state index is 12.7. The van der Waals surface area contributed by atoms with Gasteiger partial charge in [0.25, 0.3) is 5.91 Å². The van der Waals surface area contributed by atoms with Crippen molar-refractivity contribution in [3.63, 3.8) is 0 Å². The SMILES string of the molecule is Cc1ccc(-c2nnc(NC(=O)c3cccc(S(=O)(=O)N4CCCC4)c3)s2)cc1. The van der Waals surface area contributed by atoms with Crippen molar-refractivity contribution in [2.75, 3.05) is 18.4 Å². The highest BCUT2D eigenvalue weighted by atomic mass is 32.2. The Morgan fingerprint density at radius 1 is 1.07 bits per heavy atom. The van der Waals surface area contributed by atoms with E-state index in [1.54, 1.807) is 12.1 Å². The Kier molecular flexibility index (Phi) is 5.44. The molecular weight excluding hydrogens is 408 g/mol. The van der Waals surface area contributed by atoms with Crippen LogP contribution in [0.4, 0.5) is 5.13 Å². The van der Waals surface area contributed by atoms with Gasteiger partial charge in [-0.05, 0) is 38.0 Å². The molecule has 0 saturated carbocycles. The molecule has 1 aliphatic rings. The number of sulfonamides is 1. The van der Waals surface area contributed by atoms with Gasteiger partial charge in [0.15, 0.2) is 0 Å². The standard InChI is InChI=1S/C20H20N4O3S2/c1-14-7-9-15(10-8-14)19-22-23-20(28-19)21-18(25)16-5-4-6-17(13-16)29(26,27)24-11-2-3-12-24/h4-10,13H,2-3,11-12H2,1H3,(H,21,23,25). The summed E-state index contributed by atoms with van der Waals surface area (Å²) in [5, 5.41) is 11.9. The van der Waals surface area contributed by atoms with E-state index in [0.29, 0.717) is 23.2 Å². The fourth-order valence-electron chi connectivity index (χ4n) is 3.13. The van der Waals surface area contributed by atoms with Gasteiger partial charge in [-0.15, -0.1) is 10.2 Å². The Bertz CT molecular complexity index is 1130. The molecule has 0 atom stereocenters. The first-order valence-electron chi connectivity index (χ1n) is 9.25. The molecule has 3 aromatic rings. The van der Waals surface area contributed by atoms with E-state index in [1.165, 1.54) is 27.8 Å². The Labute approximate surface area is 173 Å². The summed E-state index contributed by atoms with van der Waals surface area (Å²) >= 11 is 1.26. The maximum atomic E-state index is 12.7. The molecule has 2 aromatic carbocycles. The lowest BCUT2D eigenvalue weighted by molar-refractivity contribution is 0.102. The van der Waals surface area contributed by atoms with Crippen molar-refractivity contribution in [1.82, 2.24) is 14.5 Å². The van der Waals surface area contributed by atoms with Gasteiger partial charge >= 0.3 is 0 Å². The zero-order valence-corrected chi connectivity index (χ0v) is 17.5. The Morgan fingerprint density at radius 3 is 2.52 bits per heavy atom. The Hall–Kier alpha value is -2.62. The van der Waals surface area contributed by atoms with E-state index < -0.39 is 15.9 Å². The van der Waals surface area contributed by atoms with Crippen LogP contribution in [0.1, 0.15) is 28.8 Å². The van der Waals surface area contributed by atoms with Crippen molar-refractivity contribution in [1.29, 1.82) is 0 Å². The monoisotopic (exact) mass is 428 g/mol. The lowest BCUT2D eigenvalue weighted by Crippen LogP contribution is -2.28. The van der Waals surface area contributed by atoms with Crippen molar-refractivity contribution in [3.8, 4) is 10.6 Å². The molecule has 1 amide bonds. The molecule has 0 spiro atoms. The average Bonchev–Trinajstić information content (AvgIpc) is 3.41. The van der Waals surface area contributed by atoms with Gasteiger partial charge in [0, 0.05) is 24.2 Å². The van der Waals surface area contributed by atoms with E-state index in [0.717, 1.165) is 24.0 Å². The first-order chi connectivity index (χ1) is 13.9. The quantitative estimate of drug-likeness (QED) is 0.671. The van der Waals surface area contributed by atoms with Gasteiger partial charge in [0.2, 0.25) is 15.2 Å². The van der Waals surface area contributed by atoms with Crippen LogP contribution in [0.15, 0.2) is 53.4 Å². The summed E-state index contributed by atoms with van der Waals surface area (Å²) < 4.78 is 26.9. The second-order valence-electron chi connectivity index (χ2n) is 6.87. The number of nitrogens with one attached hydrogen (secondary N) is 1. The fraction of sp³-hybridized carbons (Fsp3) is 0.250. The molecule has 1 fully saturated rings. The van der Waals surface area contributed by atoms with Crippen LogP contribution in [-0.2, 0) is 10.0 Å². The third-order valence-corrected chi connectivity index (χ3v) is 7.53. The van der Waals surface area contributed by atoms with Gasteiger partial charge in [-0.3, -0.25) is 10.1 Å². The minimum Gasteiger partial charge on any atom is -0.296 e. The molecule has 0 radical (unpaired) electrons. The smallest absolute Gasteiger partial charge is 0.257 e. The third kappa shape index (κ3) is 4.21. The van der Waals surface area contributed by atoms with Crippen molar-refractivity contribution in [2.24, 2.45) is 0 Å². The number of carbonyl (C=O) groups excluding carboxylic acids is 1. The maximum Gasteiger partial charge on any atom is 0.257 e. The number of aryl methyl sites for hydroxylation is 1. The second kappa shape index (κ2) is 8.02. The van der Waals surface area contributed by atoms with Crippen LogP contribution in [0.2, 0.25) is 0 Å². The molecule has 1 aromatic heterocycles. The molecule has 0 aliphatic carbocycles. The van der Waals surface area contributed by atoms with Gasteiger partial charge < -0.3 is 0 Å². The number of hydrogen-bond acceptors (Lipinski definition) is 6. The van der Waals surface area contributed by atoms with E-state index in [4.69, 9.17) is 0 Å². The van der Waals surface area contributed by atoms with Crippen LogP contribution in [0.25, 0.3) is 10.6 Å². The fourth-order valence-corrected chi connectivity index (χ4v) is 5.44. The van der Waals surface area contributed by atoms with Gasteiger partial charge in [-0.2, -0.15) is 4.31 Å². The molecule has 7 nitrogen and oxygen atoms in total. The molecule has 1 saturated heterocycles. The van der Waals surface area contributed by atoms with Crippen LogP contribution >= 0.6 is 11.3 Å². The number of anilines is 1. The van der Waals surface area contributed by atoms with Crippen LogP contribution in [0.5, 0.6) is 0 Å². The molecule has 150 valence electrons. The Morgan fingerprint density at radius 2 is 1.79 bits per heavy atom. The molecular formula is C20H20N4O3S2. The van der Waals surface area contributed by atoms with E-state index in [-0.39, 0.29) is 10.5 Å². The minimum absolute atomic E-state index is 0.129. The van der Waals surface area contributed by atoms with Crippen molar-refractivity contribution in [2.45, 2.75) is 24.7 Å². The zero-order chi connectivity index (χ0) is 20.4. The average molecular weight is 429 g/mol. The van der Waals surface area contributed by atoms with Gasteiger partial charge in [-0.1, -0.05) is 47.2 Å². The summed E-state index contributed by atoms with van der Waals surface area (Å²) in [6.07, 6.45) is 1.72. The first-order valence-corrected chi connectivity index (χ1v) is 11.5. The summed E-state index contributed by atoms with van der Waals surface area (Å²) in [4.78, 5) is 12.8. The van der Waals surface area contributed by atoms with E-state index in [9.17, 15) is 13.2 Å². The highest BCUT2D eigenvalue weighted by molar-refractivity contribution is 7.89. The van der Waals surface area contributed by atoms with Crippen LogP contribution in [0, 0.1) is 6.92 Å². The molecule has 2 heterocycles. The number of rotatable bonds is 5. The molecule has 1 N–H and O–H groups in total. The molecule has 4 rings (SSSR count). The van der Waals surface area contributed by atoms with Gasteiger partial charge in [0.1, 0.15) is 5.01 Å². The topological polar surface area (TPSA) is 92.3 Å². The lowest BCUT2D eigenvalue weighted by Gasteiger charge is -2.15. The molecule has 0 bridgehead atoms. The molecule has 29 heavy (non-hydrogen) atoms. The van der Waals surface area contributed by atoms with Crippen LogP contribution < -0.4 is 5.32 Å². The molecule has 9 heteroatoms. The number of nitrogens with zero attached hydrogens (tertiary/aromatic N) is 3. The normalized spacial score (nSPS) is 14.8. The summed E-state index contributed by atoms with van der Waals surface area (Å²) in [7, 11) is -3.58. The summed E-state index contributed by atoms with van der Waals surface area (Å²) in [6, 6.07) is 14.0. The van der Waals surface area contributed by atoms with E-state index in [2.05, 4.69) is 15.5 Å². The predicted octanol–water partition coefficient (Wildman–Crippen LogP) is 3.55. The second-order valence-corrected chi connectivity index (χ2v) is 9.79. The van der Waals surface area contributed by atoms with Gasteiger partial charge in [-0.25, -0.2) is 8.42 Å². The highest BCUT2D eigenvalue weighted by Gasteiger charge is 2.27. The summed E-state index contributed by atoms with van der Waals surface area (Å²) in [5.74, 6) is -0.421. The third-order valence-electron chi connectivity index (χ3n) is 4.74.